The number of carbonyl (C=O) groups is 2. The number of anilines is 1. The third-order valence-electron chi connectivity index (χ3n) is 6.37. The van der Waals surface area contributed by atoms with Crippen molar-refractivity contribution in [3.63, 3.8) is 0 Å². The Morgan fingerprint density at radius 3 is 2.21 bits per heavy atom. The molecule has 0 aromatic heterocycles. The minimum Gasteiger partial charge on any atom is -0.274 e. The molecule has 0 radical (unpaired) electrons. The minimum atomic E-state index is -0.419. The predicted octanol–water partition coefficient (Wildman–Crippen LogP) is 3.49. The molecule has 3 aliphatic heterocycles. The van der Waals surface area contributed by atoms with Gasteiger partial charge in [-0.05, 0) is 61.2 Å². The lowest BCUT2D eigenvalue weighted by Crippen LogP contribution is -2.44. The Morgan fingerprint density at radius 2 is 1.54 bits per heavy atom. The largest absolute Gasteiger partial charge is 0.274 e. The van der Waals surface area contributed by atoms with Crippen molar-refractivity contribution in [2.24, 2.45) is 5.92 Å². The Balaban J connectivity index is 1.58. The van der Waals surface area contributed by atoms with E-state index in [-0.39, 0.29) is 17.9 Å². The first kappa shape index (κ1) is 17.9. The van der Waals surface area contributed by atoms with E-state index in [1.54, 1.807) is 0 Å². The number of carbonyl (C=O) groups excluding carboxylic acids is 2. The SMILES string of the molecule is Cc1ccc(N2C(=O)[C@@H]3[C@H](C2=O)N2CCCN2[C@H]3c2ccc(Cl)cc2)cc1C. The Hall–Kier alpha value is -2.21. The third-order valence-corrected chi connectivity index (χ3v) is 6.62. The number of fused-ring (bicyclic) bond motifs is 3. The molecule has 0 unspecified atom stereocenters. The molecule has 0 N–H and O–H groups in total. The lowest BCUT2D eigenvalue weighted by atomic mass is 9.90. The number of nitrogens with zero attached hydrogens (tertiary/aromatic N) is 3. The molecule has 0 bridgehead atoms. The lowest BCUT2D eigenvalue weighted by Gasteiger charge is -2.30. The third kappa shape index (κ3) is 2.47. The summed E-state index contributed by atoms with van der Waals surface area (Å²) in [5, 5.41) is 5.00. The summed E-state index contributed by atoms with van der Waals surface area (Å²) in [4.78, 5) is 28.3. The van der Waals surface area contributed by atoms with Crippen molar-refractivity contribution in [1.29, 1.82) is 0 Å². The van der Waals surface area contributed by atoms with Gasteiger partial charge in [0.05, 0.1) is 17.6 Å². The van der Waals surface area contributed by atoms with Crippen LogP contribution in [0.5, 0.6) is 0 Å². The van der Waals surface area contributed by atoms with Gasteiger partial charge in [-0.1, -0.05) is 29.8 Å². The summed E-state index contributed by atoms with van der Waals surface area (Å²) in [6, 6.07) is 12.9. The van der Waals surface area contributed by atoms with E-state index in [4.69, 9.17) is 11.6 Å². The molecule has 3 saturated heterocycles. The van der Waals surface area contributed by atoms with Gasteiger partial charge in [0.1, 0.15) is 6.04 Å². The smallest absolute Gasteiger partial charge is 0.253 e. The number of hydrazine groups is 1. The van der Waals surface area contributed by atoms with Gasteiger partial charge in [0, 0.05) is 18.1 Å². The first-order valence-corrected chi connectivity index (χ1v) is 10.1. The van der Waals surface area contributed by atoms with Crippen molar-refractivity contribution in [2.45, 2.75) is 32.4 Å². The van der Waals surface area contributed by atoms with Crippen molar-refractivity contribution in [3.8, 4) is 0 Å². The number of benzene rings is 2. The van der Waals surface area contributed by atoms with Crippen molar-refractivity contribution in [3.05, 3.63) is 64.2 Å². The number of halogens is 1. The van der Waals surface area contributed by atoms with Crippen LogP contribution < -0.4 is 4.90 Å². The van der Waals surface area contributed by atoms with Crippen molar-refractivity contribution < 1.29 is 9.59 Å². The molecule has 0 aliphatic carbocycles. The number of hydrogen-bond donors (Lipinski definition) is 0. The number of rotatable bonds is 2. The highest BCUT2D eigenvalue weighted by molar-refractivity contribution is 6.30. The molecule has 3 aliphatic rings. The van der Waals surface area contributed by atoms with E-state index >= 15 is 0 Å². The summed E-state index contributed by atoms with van der Waals surface area (Å²) in [7, 11) is 0. The highest BCUT2D eigenvalue weighted by atomic mass is 35.5. The van der Waals surface area contributed by atoms with Crippen LogP contribution in [0.4, 0.5) is 5.69 Å². The van der Waals surface area contributed by atoms with Gasteiger partial charge in [-0.25, -0.2) is 14.9 Å². The molecule has 6 heteroatoms. The Labute approximate surface area is 169 Å². The van der Waals surface area contributed by atoms with E-state index in [9.17, 15) is 9.59 Å². The Morgan fingerprint density at radius 1 is 0.857 bits per heavy atom. The van der Waals surface area contributed by atoms with Crippen LogP contribution in [0, 0.1) is 19.8 Å². The Bertz CT molecular complexity index is 974. The number of aryl methyl sites for hydroxylation is 2. The molecule has 28 heavy (non-hydrogen) atoms. The molecule has 2 aromatic rings. The molecule has 2 aromatic carbocycles. The normalized spacial score (nSPS) is 27.5. The molecule has 2 amide bonds. The Kier molecular flexibility index (Phi) is 4.09. The topological polar surface area (TPSA) is 43.9 Å². The highest BCUT2D eigenvalue weighted by Gasteiger charge is 2.62. The minimum absolute atomic E-state index is 0.104. The standard InChI is InChI=1S/C22H22ClN3O2/c1-13-4-9-17(12-14(13)2)26-21(27)18-19(15-5-7-16(23)8-6-15)24-10-3-11-25(24)20(18)22(26)28/h4-9,12,18-20H,3,10-11H2,1-2H3/t18-,19-,20+/m0/s1. The number of amides is 2. The maximum atomic E-state index is 13.5. The molecular formula is C22H22ClN3O2. The second-order valence-corrected chi connectivity index (χ2v) is 8.36. The molecule has 0 spiro atoms. The first-order valence-electron chi connectivity index (χ1n) is 9.71. The van der Waals surface area contributed by atoms with E-state index in [0.29, 0.717) is 10.7 Å². The van der Waals surface area contributed by atoms with Crippen molar-refractivity contribution >= 4 is 29.1 Å². The molecule has 3 fully saturated rings. The second-order valence-electron chi connectivity index (χ2n) is 7.93. The molecule has 144 valence electrons. The summed E-state index contributed by atoms with van der Waals surface area (Å²) in [6.45, 7) is 5.71. The van der Waals surface area contributed by atoms with E-state index < -0.39 is 12.0 Å². The van der Waals surface area contributed by atoms with Gasteiger partial charge in [0.2, 0.25) is 5.91 Å². The highest BCUT2D eigenvalue weighted by Crippen LogP contribution is 2.49. The van der Waals surface area contributed by atoms with Crippen molar-refractivity contribution in [2.75, 3.05) is 18.0 Å². The summed E-state index contributed by atoms with van der Waals surface area (Å²) in [6.07, 6.45) is 0.998. The van der Waals surface area contributed by atoms with Gasteiger partial charge in [-0.15, -0.1) is 0 Å². The zero-order valence-corrected chi connectivity index (χ0v) is 16.7. The lowest BCUT2D eigenvalue weighted by molar-refractivity contribution is -0.126. The zero-order valence-electron chi connectivity index (χ0n) is 15.9. The fourth-order valence-corrected chi connectivity index (χ4v) is 5.02. The van der Waals surface area contributed by atoms with Gasteiger partial charge >= 0.3 is 0 Å². The fraction of sp³-hybridized carbons (Fsp3) is 0.364. The average Bonchev–Trinajstić information content (AvgIpc) is 3.31. The quantitative estimate of drug-likeness (QED) is 0.730. The van der Waals surface area contributed by atoms with Gasteiger partial charge in [0.15, 0.2) is 0 Å². The van der Waals surface area contributed by atoms with Gasteiger partial charge in [0.25, 0.3) is 5.91 Å². The van der Waals surface area contributed by atoms with Gasteiger partial charge < -0.3 is 0 Å². The van der Waals surface area contributed by atoms with Crippen LogP contribution in [-0.2, 0) is 9.59 Å². The molecule has 0 saturated carbocycles. The van der Waals surface area contributed by atoms with Crippen LogP contribution in [0.1, 0.15) is 29.2 Å². The summed E-state index contributed by atoms with van der Waals surface area (Å²) < 4.78 is 0. The molecule has 3 atom stereocenters. The summed E-state index contributed by atoms with van der Waals surface area (Å²) in [5.74, 6) is -0.607. The molecule has 5 rings (SSSR count). The van der Waals surface area contributed by atoms with Crippen molar-refractivity contribution in [1.82, 2.24) is 10.0 Å². The maximum absolute atomic E-state index is 13.5. The van der Waals surface area contributed by atoms with Gasteiger partial charge in [-0.2, -0.15) is 0 Å². The van der Waals surface area contributed by atoms with Crippen LogP contribution in [0.3, 0.4) is 0 Å². The van der Waals surface area contributed by atoms with E-state index in [2.05, 4.69) is 10.0 Å². The molecule has 5 nitrogen and oxygen atoms in total. The van der Waals surface area contributed by atoms with Crippen LogP contribution in [0.2, 0.25) is 5.02 Å². The molecule has 3 heterocycles. The van der Waals surface area contributed by atoms with E-state index in [1.807, 2.05) is 56.3 Å². The maximum Gasteiger partial charge on any atom is 0.253 e. The van der Waals surface area contributed by atoms with E-state index in [0.717, 1.165) is 36.2 Å². The van der Waals surface area contributed by atoms with E-state index in [1.165, 1.54) is 4.90 Å². The van der Waals surface area contributed by atoms with Crippen LogP contribution >= 0.6 is 11.6 Å². The summed E-state index contributed by atoms with van der Waals surface area (Å²) >= 11 is 6.07. The number of imide groups is 1. The second kappa shape index (κ2) is 6.41. The number of hydrogen-bond acceptors (Lipinski definition) is 4. The van der Waals surface area contributed by atoms with Crippen LogP contribution in [0.25, 0.3) is 0 Å². The zero-order chi connectivity index (χ0) is 19.6. The van der Waals surface area contributed by atoms with Gasteiger partial charge in [-0.3, -0.25) is 9.59 Å². The predicted molar refractivity (Wildman–Crippen MR) is 108 cm³/mol. The fourth-order valence-electron chi connectivity index (χ4n) is 4.89. The monoisotopic (exact) mass is 395 g/mol. The van der Waals surface area contributed by atoms with Crippen LogP contribution in [0.15, 0.2) is 42.5 Å². The first-order chi connectivity index (χ1) is 13.5. The van der Waals surface area contributed by atoms with Crippen LogP contribution in [-0.4, -0.2) is 41.0 Å². The molecular weight excluding hydrogens is 374 g/mol. The average molecular weight is 396 g/mol. The summed E-state index contributed by atoms with van der Waals surface area (Å²) in [5.41, 5.74) is 3.93.